The molecule has 2 N–H and O–H groups in total. The number of ether oxygens (including phenoxy) is 3. The maximum atomic E-state index is 13.5. The number of aliphatic hydroxyl groups is 1. The summed E-state index contributed by atoms with van der Waals surface area (Å²) in [5, 5.41) is 14.6. The van der Waals surface area contributed by atoms with E-state index >= 15 is 0 Å². The largest absolute Gasteiger partial charge is 0.382 e. The molecule has 2 bridgehead atoms. The summed E-state index contributed by atoms with van der Waals surface area (Å²) in [5.74, 6) is -1.03. The quantitative estimate of drug-likeness (QED) is 0.490. The van der Waals surface area contributed by atoms with E-state index in [2.05, 4.69) is 48.1 Å². The Morgan fingerprint density at radius 1 is 1.10 bits per heavy atom. The van der Waals surface area contributed by atoms with Crippen molar-refractivity contribution in [1.82, 2.24) is 9.97 Å². The van der Waals surface area contributed by atoms with Gasteiger partial charge in [0.05, 0.1) is 12.7 Å². The molecule has 208 valence electrons. The molecule has 1 aromatic carbocycles. The topological polar surface area (TPSA) is 93.7 Å². The molecular weight excluding hydrogens is 504 g/mol. The standard InChI is InChI=1S/C33H36N2O5/c1-29(2)28-24(36)17-25-32(39-28,40-29)12-11-30(3)31(4)20(15-22-21-7-5-6-8-23(21)35-27(22)31)16-26(33(25,30)37)38-18-19-9-13-34-14-10-19/h5-10,13-14,17,20,26,28,35,37H,11-12,15-16,18H2,1-4H3/t20-,26+,28+,30-,31-,32?,33+/m1/s1. The number of ketones is 1. The lowest BCUT2D eigenvalue weighted by molar-refractivity contribution is -0.282. The Morgan fingerprint density at radius 3 is 2.67 bits per heavy atom. The summed E-state index contributed by atoms with van der Waals surface area (Å²) in [6.45, 7) is 8.67. The normalized spacial score (nSPS) is 40.8. The minimum absolute atomic E-state index is 0.149. The molecule has 4 heterocycles. The van der Waals surface area contributed by atoms with Gasteiger partial charge in [-0.3, -0.25) is 9.78 Å². The van der Waals surface area contributed by atoms with Crippen LogP contribution in [0.5, 0.6) is 0 Å². The van der Waals surface area contributed by atoms with Gasteiger partial charge in [0, 0.05) is 51.8 Å². The zero-order valence-electron chi connectivity index (χ0n) is 23.5. The molecule has 3 aliphatic carbocycles. The number of rotatable bonds is 3. The second-order valence-electron chi connectivity index (χ2n) is 13.5. The number of aromatic amines is 1. The number of para-hydroxylation sites is 1. The molecule has 3 fully saturated rings. The van der Waals surface area contributed by atoms with Crippen LogP contribution < -0.4 is 0 Å². The second kappa shape index (κ2) is 7.71. The molecule has 1 spiro atoms. The summed E-state index contributed by atoms with van der Waals surface area (Å²) in [7, 11) is 0. The highest BCUT2D eigenvalue weighted by Gasteiger charge is 2.78. The van der Waals surface area contributed by atoms with Crippen molar-refractivity contribution in [3.8, 4) is 0 Å². The van der Waals surface area contributed by atoms with Crippen LogP contribution in [0.4, 0.5) is 0 Å². The van der Waals surface area contributed by atoms with Crippen molar-refractivity contribution in [3.63, 3.8) is 0 Å². The number of nitrogens with zero attached hydrogens (tertiary/aromatic N) is 1. The molecule has 8 rings (SSSR count). The van der Waals surface area contributed by atoms with E-state index in [9.17, 15) is 9.90 Å². The fourth-order valence-corrected chi connectivity index (χ4v) is 9.26. The van der Waals surface area contributed by atoms with Crippen molar-refractivity contribution in [2.45, 2.75) is 94.6 Å². The fraction of sp³-hybridized carbons (Fsp3) is 0.515. The third kappa shape index (κ3) is 2.79. The average molecular weight is 541 g/mol. The molecule has 1 unspecified atom stereocenters. The van der Waals surface area contributed by atoms with Crippen molar-refractivity contribution < 1.29 is 24.1 Å². The summed E-state index contributed by atoms with van der Waals surface area (Å²) in [6.07, 6.45) is 6.72. The molecule has 7 atom stereocenters. The number of carbonyl (C=O) groups is 1. The Hall–Kier alpha value is -2.84. The van der Waals surface area contributed by atoms with Gasteiger partial charge in [0.15, 0.2) is 17.7 Å². The lowest BCUT2D eigenvalue weighted by atomic mass is 9.41. The third-order valence-electron chi connectivity index (χ3n) is 11.4. The van der Waals surface area contributed by atoms with Gasteiger partial charge in [-0.1, -0.05) is 32.0 Å². The van der Waals surface area contributed by atoms with Crippen molar-refractivity contribution in [2.24, 2.45) is 11.3 Å². The van der Waals surface area contributed by atoms with E-state index in [4.69, 9.17) is 14.2 Å². The predicted molar refractivity (Wildman–Crippen MR) is 148 cm³/mol. The Balaban J connectivity index is 1.31. The Morgan fingerprint density at radius 2 is 1.88 bits per heavy atom. The molecule has 2 saturated carbocycles. The highest BCUT2D eigenvalue weighted by atomic mass is 16.8. The molecule has 7 heteroatoms. The molecular formula is C33H36N2O5. The van der Waals surface area contributed by atoms with Crippen molar-refractivity contribution in [1.29, 1.82) is 0 Å². The molecule has 3 aromatic rings. The lowest BCUT2D eigenvalue weighted by Crippen LogP contribution is -2.74. The van der Waals surface area contributed by atoms with Gasteiger partial charge in [-0.25, -0.2) is 0 Å². The zero-order chi connectivity index (χ0) is 27.7. The molecule has 7 nitrogen and oxygen atoms in total. The van der Waals surface area contributed by atoms with Gasteiger partial charge >= 0.3 is 0 Å². The first-order valence-corrected chi connectivity index (χ1v) is 14.5. The number of H-pyrrole nitrogens is 1. The molecule has 2 aliphatic heterocycles. The third-order valence-corrected chi connectivity index (χ3v) is 11.4. The van der Waals surface area contributed by atoms with E-state index in [0.717, 1.165) is 17.5 Å². The monoisotopic (exact) mass is 540 g/mol. The molecule has 2 aromatic heterocycles. The first-order chi connectivity index (χ1) is 19.0. The summed E-state index contributed by atoms with van der Waals surface area (Å²) < 4.78 is 19.8. The number of aromatic nitrogens is 2. The van der Waals surface area contributed by atoms with Crippen LogP contribution in [0.2, 0.25) is 0 Å². The van der Waals surface area contributed by atoms with Gasteiger partial charge < -0.3 is 24.3 Å². The summed E-state index contributed by atoms with van der Waals surface area (Å²) >= 11 is 0. The summed E-state index contributed by atoms with van der Waals surface area (Å²) in [4.78, 5) is 21.4. The van der Waals surface area contributed by atoms with E-state index in [1.54, 1.807) is 18.5 Å². The minimum atomic E-state index is -1.50. The number of fused-ring (bicyclic) bond motifs is 9. The number of benzene rings is 1. The van der Waals surface area contributed by atoms with E-state index in [1.165, 1.54) is 16.6 Å². The molecule has 0 amide bonds. The van der Waals surface area contributed by atoms with Gasteiger partial charge in [-0.15, -0.1) is 0 Å². The number of pyridine rings is 1. The number of carbonyl (C=O) groups excluding carboxylic acids is 1. The average Bonchev–Trinajstić information content (AvgIpc) is 3.52. The Labute approximate surface area is 233 Å². The Kier molecular flexibility index (Phi) is 4.80. The van der Waals surface area contributed by atoms with Crippen LogP contribution in [-0.2, 0) is 37.4 Å². The van der Waals surface area contributed by atoms with E-state index in [-0.39, 0.29) is 17.1 Å². The lowest BCUT2D eigenvalue weighted by Gasteiger charge is -2.67. The minimum Gasteiger partial charge on any atom is -0.382 e. The van der Waals surface area contributed by atoms with Crippen LogP contribution in [0.25, 0.3) is 10.9 Å². The van der Waals surface area contributed by atoms with Crippen molar-refractivity contribution in [2.75, 3.05) is 0 Å². The summed E-state index contributed by atoms with van der Waals surface area (Å²) in [5.41, 5.74) is 1.86. The van der Waals surface area contributed by atoms with Crippen LogP contribution >= 0.6 is 0 Å². The first-order valence-electron chi connectivity index (χ1n) is 14.5. The van der Waals surface area contributed by atoms with Gasteiger partial charge in [0.25, 0.3) is 0 Å². The molecule has 1 saturated heterocycles. The van der Waals surface area contributed by atoms with Gasteiger partial charge in [-0.2, -0.15) is 0 Å². The highest BCUT2D eigenvalue weighted by molar-refractivity contribution is 5.97. The summed E-state index contributed by atoms with van der Waals surface area (Å²) in [6, 6.07) is 12.3. The second-order valence-corrected chi connectivity index (χ2v) is 13.5. The van der Waals surface area contributed by atoms with Crippen LogP contribution in [0.1, 0.15) is 63.8 Å². The predicted octanol–water partition coefficient (Wildman–Crippen LogP) is 4.91. The zero-order valence-corrected chi connectivity index (χ0v) is 23.5. The molecule has 0 radical (unpaired) electrons. The number of nitrogens with one attached hydrogen (secondary N) is 1. The van der Waals surface area contributed by atoms with Crippen LogP contribution in [0, 0.1) is 11.3 Å². The SMILES string of the molecule is CC1(C)OC23CC[C@]4(C)[C@@]5(C)c6[nH]c7ccccc7c6C[C@@H]5C[C@H](OCc5ccncc5)[C@@]4(O)C2=CC(=O)[C@@H]1O3. The van der Waals surface area contributed by atoms with Gasteiger partial charge in [0.2, 0.25) is 0 Å². The van der Waals surface area contributed by atoms with Crippen LogP contribution in [0.3, 0.4) is 0 Å². The first kappa shape index (κ1) is 24.9. The van der Waals surface area contributed by atoms with Gasteiger partial charge in [0.1, 0.15) is 11.2 Å². The maximum Gasteiger partial charge on any atom is 0.195 e. The molecule has 40 heavy (non-hydrogen) atoms. The van der Waals surface area contributed by atoms with E-state index in [1.807, 2.05) is 26.0 Å². The van der Waals surface area contributed by atoms with Crippen LogP contribution in [-0.4, -0.2) is 50.1 Å². The number of hydrogen-bond donors (Lipinski definition) is 2. The van der Waals surface area contributed by atoms with Crippen LogP contribution in [0.15, 0.2) is 60.4 Å². The van der Waals surface area contributed by atoms with Gasteiger partial charge in [-0.05, 0) is 74.4 Å². The molecule has 5 aliphatic rings. The van der Waals surface area contributed by atoms with Crippen molar-refractivity contribution >= 4 is 16.7 Å². The smallest absolute Gasteiger partial charge is 0.195 e. The van der Waals surface area contributed by atoms with E-state index < -0.39 is 34.6 Å². The maximum absolute atomic E-state index is 13.5. The fourth-order valence-electron chi connectivity index (χ4n) is 9.26. The van der Waals surface area contributed by atoms with Crippen molar-refractivity contribution in [3.05, 3.63) is 77.3 Å². The number of hydrogen-bond acceptors (Lipinski definition) is 6. The Bertz CT molecular complexity index is 1590. The highest BCUT2D eigenvalue weighted by Crippen LogP contribution is 2.72. The van der Waals surface area contributed by atoms with E-state index in [0.29, 0.717) is 31.4 Å².